The Morgan fingerprint density at radius 2 is 1.71 bits per heavy atom. The molecule has 0 aliphatic heterocycles. The Balaban J connectivity index is 2.51. The molecule has 2 atom stereocenters. The molecule has 8 nitrogen and oxygen atoms in total. The number of carbonyl (C=O) groups excluding carboxylic acids is 1. The summed E-state index contributed by atoms with van der Waals surface area (Å²) in [6.45, 7) is 3.56. The third-order valence-electron chi connectivity index (χ3n) is 4.20. The maximum Gasteiger partial charge on any atom is 0.325 e. The second-order valence-corrected chi connectivity index (χ2v) is 8.21. The number of alkyl halides is 1. The number of hydrogen-bond acceptors (Lipinski definition) is 6. The van der Waals surface area contributed by atoms with Gasteiger partial charge in [0, 0.05) is 6.07 Å². The zero-order chi connectivity index (χ0) is 21.1. The van der Waals surface area contributed by atoms with E-state index >= 15 is 0 Å². The van der Waals surface area contributed by atoms with Crippen LogP contribution in [0.3, 0.4) is 0 Å². The number of nitrogens with zero attached hydrogens (tertiary/aromatic N) is 1. The summed E-state index contributed by atoms with van der Waals surface area (Å²) in [6, 6.07) is 8.71. The van der Waals surface area contributed by atoms with Crippen LogP contribution in [-0.4, -0.2) is 32.5 Å². The summed E-state index contributed by atoms with van der Waals surface area (Å²) in [5.41, 5.74) is 1.49. The maximum atomic E-state index is 12.8. The van der Waals surface area contributed by atoms with Gasteiger partial charge in [0.1, 0.15) is 6.04 Å². The number of nitro groups is 1. The molecule has 0 saturated heterocycles. The van der Waals surface area contributed by atoms with Gasteiger partial charge in [-0.05, 0) is 36.6 Å². The minimum atomic E-state index is -4.45. The lowest BCUT2D eigenvalue weighted by molar-refractivity contribution is -0.387. The number of nitrogens with one attached hydrogen (secondary N) is 1. The SMILES string of the molecule is COC(=O)[C@H](NS(=O)(=O)c1ccccc1[N+](=O)[O-])[C@H](Cl)c1c(C)cccc1C. The van der Waals surface area contributed by atoms with Crippen molar-refractivity contribution in [2.75, 3.05) is 7.11 Å². The molecule has 0 saturated carbocycles. The highest BCUT2D eigenvalue weighted by Gasteiger charge is 2.37. The molecule has 2 aromatic rings. The average molecular weight is 427 g/mol. The Hall–Kier alpha value is -2.49. The van der Waals surface area contributed by atoms with Gasteiger partial charge in [0.15, 0.2) is 4.90 Å². The van der Waals surface area contributed by atoms with Crippen LogP contribution in [-0.2, 0) is 19.6 Å². The minimum Gasteiger partial charge on any atom is -0.468 e. The van der Waals surface area contributed by atoms with Crippen molar-refractivity contribution in [1.29, 1.82) is 0 Å². The highest BCUT2D eigenvalue weighted by atomic mass is 35.5. The molecule has 28 heavy (non-hydrogen) atoms. The van der Waals surface area contributed by atoms with Gasteiger partial charge in [-0.3, -0.25) is 14.9 Å². The monoisotopic (exact) mass is 426 g/mol. The number of rotatable bonds is 7. The molecule has 2 aromatic carbocycles. The van der Waals surface area contributed by atoms with Crippen molar-refractivity contribution in [3.8, 4) is 0 Å². The predicted octanol–water partition coefficient (Wildman–Crippen LogP) is 3.01. The van der Waals surface area contributed by atoms with Crippen molar-refractivity contribution in [2.45, 2.75) is 30.2 Å². The van der Waals surface area contributed by atoms with Gasteiger partial charge in [-0.2, -0.15) is 4.72 Å². The summed E-state index contributed by atoms with van der Waals surface area (Å²) in [5, 5.41) is 10.1. The first-order valence-corrected chi connectivity index (χ1v) is 10.1. The minimum absolute atomic E-state index is 0.570. The third kappa shape index (κ3) is 4.49. The van der Waals surface area contributed by atoms with Crippen LogP contribution in [0.15, 0.2) is 47.4 Å². The van der Waals surface area contributed by atoms with Gasteiger partial charge in [-0.1, -0.05) is 30.3 Å². The van der Waals surface area contributed by atoms with Crippen molar-refractivity contribution in [1.82, 2.24) is 4.72 Å². The Bertz CT molecular complexity index is 989. The fraction of sp³-hybridized carbons (Fsp3) is 0.278. The smallest absolute Gasteiger partial charge is 0.325 e. The van der Waals surface area contributed by atoms with Crippen molar-refractivity contribution in [3.05, 3.63) is 69.3 Å². The zero-order valence-corrected chi connectivity index (χ0v) is 17.0. The molecule has 0 radical (unpaired) electrons. The summed E-state index contributed by atoms with van der Waals surface area (Å²) in [5.74, 6) is -0.912. The van der Waals surface area contributed by atoms with Crippen LogP contribution in [0.4, 0.5) is 5.69 Å². The van der Waals surface area contributed by atoms with Gasteiger partial charge in [0.2, 0.25) is 10.0 Å². The maximum absolute atomic E-state index is 12.8. The van der Waals surface area contributed by atoms with Crippen molar-refractivity contribution < 1.29 is 22.9 Å². The number of esters is 1. The molecule has 10 heteroatoms. The average Bonchev–Trinajstić information content (AvgIpc) is 2.65. The lowest BCUT2D eigenvalue weighted by Crippen LogP contribution is -2.44. The van der Waals surface area contributed by atoms with E-state index in [4.69, 9.17) is 16.3 Å². The highest BCUT2D eigenvalue weighted by molar-refractivity contribution is 7.89. The van der Waals surface area contributed by atoms with E-state index in [-0.39, 0.29) is 0 Å². The lowest BCUT2D eigenvalue weighted by Gasteiger charge is -2.24. The molecule has 2 rings (SSSR count). The van der Waals surface area contributed by atoms with Crippen LogP contribution in [0.5, 0.6) is 0 Å². The number of nitro benzene ring substituents is 1. The summed E-state index contributed by atoms with van der Waals surface area (Å²) < 4.78 is 32.5. The van der Waals surface area contributed by atoms with E-state index < -0.39 is 42.9 Å². The number of ether oxygens (including phenoxy) is 1. The quantitative estimate of drug-likeness (QED) is 0.315. The summed E-state index contributed by atoms with van der Waals surface area (Å²) in [6.07, 6.45) is 0. The Kier molecular flexibility index (Phi) is 6.76. The first-order chi connectivity index (χ1) is 13.1. The molecular formula is C18H19ClN2O6S. The number of methoxy groups -OCH3 is 1. The van der Waals surface area contributed by atoms with E-state index in [1.807, 2.05) is 6.07 Å². The molecular weight excluding hydrogens is 408 g/mol. The molecule has 0 amide bonds. The van der Waals surface area contributed by atoms with Gasteiger partial charge >= 0.3 is 5.97 Å². The normalized spacial score (nSPS) is 13.6. The number of aryl methyl sites for hydroxylation is 2. The number of sulfonamides is 1. The van der Waals surface area contributed by atoms with Crippen molar-refractivity contribution in [3.63, 3.8) is 0 Å². The van der Waals surface area contributed by atoms with E-state index in [1.165, 1.54) is 12.1 Å². The van der Waals surface area contributed by atoms with Crippen LogP contribution in [0, 0.1) is 24.0 Å². The van der Waals surface area contributed by atoms with Gasteiger partial charge in [-0.15, -0.1) is 11.6 Å². The molecule has 0 aliphatic carbocycles. The van der Waals surface area contributed by atoms with E-state index in [0.717, 1.165) is 30.4 Å². The van der Waals surface area contributed by atoms with Gasteiger partial charge in [-0.25, -0.2) is 8.42 Å². The van der Waals surface area contributed by atoms with Crippen LogP contribution in [0.25, 0.3) is 0 Å². The summed E-state index contributed by atoms with van der Waals surface area (Å²) in [7, 11) is -3.35. The van der Waals surface area contributed by atoms with Gasteiger partial charge < -0.3 is 4.74 Å². The van der Waals surface area contributed by atoms with Crippen molar-refractivity contribution >= 4 is 33.3 Å². The number of halogens is 1. The fourth-order valence-electron chi connectivity index (χ4n) is 2.85. The molecule has 0 bridgehead atoms. The Morgan fingerprint density at radius 3 is 2.25 bits per heavy atom. The molecule has 0 fully saturated rings. The molecule has 0 unspecified atom stereocenters. The van der Waals surface area contributed by atoms with Gasteiger partial charge in [0.05, 0.1) is 17.4 Å². The highest BCUT2D eigenvalue weighted by Crippen LogP contribution is 2.32. The largest absolute Gasteiger partial charge is 0.468 e. The first-order valence-electron chi connectivity index (χ1n) is 8.14. The second kappa shape index (κ2) is 8.68. The van der Waals surface area contributed by atoms with E-state index in [9.17, 15) is 23.3 Å². The number of para-hydroxylation sites is 1. The second-order valence-electron chi connectivity index (χ2n) is 6.05. The number of benzene rings is 2. The first kappa shape index (κ1) is 21.8. The topological polar surface area (TPSA) is 116 Å². The summed E-state index contributed by atoms with van der Waals surface area (Å²) >= 11 is 6.49. The zero-order valence-electron chi connectivity index (χ0n) is 15.4. The molecule has 1 N–H and O–H groups in total. The number of hydrogen-bond donors (Lipinski definition) is 1. The van der Waals surface area contributed by atoms with E-state index in [2.05, 4.69) is 4.72 Å². The standard InChI is InChI=1S/C18H19ClN2O6S/c1-11-7-6-8-12(2)15(11)16(19)17(18(22)27-3)20-28(25,26)14-10-5-4-9-13(14)21(23)24/h4-10,16-17,20H,1-3H3/t16-,17-/m1/s1. The van der Waals surface area contributed by atoms with Crippen molar-refractivity contribution in [2.24, 2.45) is 0 Å². The van der Waals surface area contributed by atoms with Gasteiger partial charge in [0.25, 0.3) is 5.69 Å². The van der Waals surface area contributed by atoms with E-state index in [0.29, 0.717) is 5.56 Å². The molecule has 0 spiro atoms. The Labute approximate surface area is 167 Å². The van der Waals surface area contributed by atoms with Crippen LogP contribution >= 0.6 is 11.6 Å². The predicted molar refractivity (Wildman–Crippen MR) is 104 cm³/mol. The van der Waals surface area contributed by atoms with E-state index in [1.54, 1.807) is 26.0 Å². The summed E-state index contributed by atoms with van der Waals surface area (Å²) in [4.78, 5) is 22.1. The molecule has 0 heterocycles. The van der Waals surface area contributed by atoms with Crippen LogP contribution in [0.1, 0.15) is 22.1 Å². The fourth-order valence-corrected chi connectivity index (χ4v) is 4.80. The molecule has 150 valence electrons. The number of carbonyl (C=O) groups is 1. The molecule has 0 aliphatic rings. The lowest BCUT2D eigenvalue weighted by atomic mass is 9.96. The third-order valence-corrected chi connectivity index (χ3v) is 6.16. The Morgan fingerprint density at radius 1 is 1.14 bits per heavy atom. The molecule has 0 aromatic heterocycles. The van der Waals surface area contributed by atoms with Crippen LogP contribution in [0.2, 0.25) is 0 Å². The van der Waals surface area contributed by atoms with Crippen LogP contribution < -0.4 is 4.72 Å².